The third-order valence-corrected chi connectivity index (χ3v) is 3.52. The molecule has 0 radical (unpaired) electrons. The van der Waals surface area contributed by atoms with Gasteiger partial charge in [0, 0.05) is 12.2 Å². The summed E-state index contributed by atoms with van der Waals surface area (Å²) in [6, 6.07) is 6.80. The van der Waals surface area contributed by atoms with Gasteiger partial charge in [0.05, 0.1) is 0 Å². The molecule has 1 aliphatic heterocycles. The summed E-state index contributed by atoms with van der Waals surface area (Å²) in [6.07, 6.45) is 3.47. The zero-order valence-corrected chi connectivity index (χ0v) is 10.3. The van der Waals surface area contributed by atoms with Crippen molar-refractivity contribution in [2.75, 3.05) is 18.4 Å². The molecule has 2 heteroatoms. The molecule has 0 fully saturated rings. The van der Waals surface area contributed by atoms with Gasteiger partial charge in [0.15, 0.2) is 0 Å². The lowest BCUT2D eigenvalue weighted by Gasteiger charge is -2.22. The van der Waals surface area contributed by atoms with Gasteiger partial charge < -0.3 is 11.1 Å². The minimum Gasteiger partial charge on any atom is -0.384 e. The first kappa shape index (κ1) is 11.5. The van der Waals surface area contributed by atoms with E-state index in [-0.39, 0.29) is 5.41 Å². The van der Waals surface area contributed by atoms with Crippen LogP contribution in [0.1, 0.15) is 31.4 Å². The first-order valence-electron chi connectivity index (χ1n) is 6.16. The lowest BCUT2D eigenvalue weighted by molar-refractivity contribution is 0.348. The first-order chi connectivity index (χ1) is 7.61. The molecule has 2 nitrogen and oxygen atoms in total. The van der Waals surface area contributed by atoms with Crippen molar-refractivity contribution in [2.24, 2.45) is 11.1 Å². The van der Waals surface area contributed by atoms with Gasteiger partial charge in [0.25, 0.3) is 0 Å². The SMILES string of the molecule is CC(C)(CN)CCc1ccc2c(c1)CCN2. The molecule has 1 heterocycles. The summed E-state index contributed by atoms with van der Waals surface area (Å²) in [5.74, 6) is 0. The third kappa shape index (κ3) is 2.56. The topological polar surface area (TPSA) is 38.0 Å². The van der Waals surface area contributed by atoms with Gasteiger partial charge in [0.2, 0.25) is 0 Å². The Bertz CT molecular complexity index is 369. The highest BCUT2D eigenvalue weighted by molar-refractivity contribution is 5.56. The van der Waals surface area contributed by atoms with Crippen LogP contribution in [0.2, 0.25) is 0 Å². The van der Waals surface area contributed by atoms with E-state index < -0.39 is 0 Å². The van der Waals surface area contributed by atoms with Crippen molar-refractivity contribution < 1.29 is 0 Å². The molecule has 1 aromatic rings. The van der Waals surface area contributed by atoms with E-state index >= 15 is 0 Å². The average molecular weight is 218 g/mol. The highest BCUT2D eigenvalue weighted by atomic mass is 14.9. The fraction of sp³-hybridized carbons (Fsp3) is 0.571. The Morgan fingerprint density at radius 2 is 2.19 bits per heavy atom. The van der Waals surface area contributed by atoms with E-state index in [0.29, 0.717) is 0 Å². The summed E-state index contributed by atoms with van der Waals surface area (Å²) in [5, 5.41) is 3.39. The van der Waals surface area contributed by atoms with E-state index in [2.05, 4.69) is 37.4 Å². The zero-order valence-electron chi connectivity index (χ0n) is 10.3. The molecule has 0 saturated heterocycles. The zero-order chi connectivity index (χ0) is 11.6. The monoisotopic (exact) mass is 218 g/mol. The number of anilines is 1. The van der Waals surface area contributed by atoms with Gasteiger partial charge in [-0.15, -0.1) is 0 Å². The van der Waals surface area contributed by atoms with Crippen molar-refractivity contribution in [2.45, 2.75) is 33.1 Å². The lowest BCUT2D eigenvalue weighted by Crippen LogP contribution is -2.24. The van der Waals surface area contributed by atoms with Gasteiger partial charge in [0.1, 0.15) is 0 Å². The standard InChI is InChI=1S/C14H22N2/c1-14(2,10-15)7-5-11-3-4-13-12(9-11)6-8-16-13/h3-4,9,16H,5-8,10,15H2,1-2H3. The van der Waals surface area contributed by atoms with Crippen LogP contribution in [-0.2, 0) is 12.8 Å². The number of aryl methyl sites for hydroxylation is 1. The smallest absolute Gasteiger partial charge is 0.0373 e. The molecule has 0 aromatic heterocycles. The molecule has 2 rings (SSSR count). The minimum absolute atomic E-state index is 0.261. The molecule has 0 spiro atoms. The number of hydrogen-bond donors (Lipinski definition) is 2. The Morgan fingerprint density at radius 3 is 2.94 bits per heavy atom. The summed E-state index contributed by atoms with van der Waals surface area (Å²) in [7, 11) is 0. The summed E-state index contributed by atoms with van der Waals surface area (Å²) >= 11 is 0. The summed E-state index contributed by atoms with van der Waals surface area (Å²) < 4.78 is 0. The van der Waals surface area contributed by atoms with Crippen LogP contribution < -0.4 is 11.1 Å². The number of fused-ring (bicyclic) bond motifs is 1. The van der Waals surface area contributed by atoms with E-state index in [1.165, 1.54) is 23.2 Å². The molecule has 0 unspecified atom stereocenters. The van der Waals surface area contributed by atoms with Crippen molar-refractivity contribution in [3.8, 4) is 0 Å². The summed E-state index contributed by atoms with van der Waals surface area (Å²) in [4.78, 5) is 0. The van der Waals surface area contributed by atoms with Crippen molar-refractivity contribution in [1.29, 1.82) is 0 Å². The van der Waals surface area contributed by atoms with Crippen LogP contribution in [0.3, 0.4) is 0 Å². The minimum atomic E-state index is 0.261. The molecular formula is C14H22N2. The van der Waals surface area contributed by atoms with E-state index in [9.17, 15) is 0 Å². The van der Waals surface area contributed by atoms with E-state index in [4.69, 9.17) is 5.73 Å². The van der Waals surface area contributed by atoms with Crippen LogP contribution in [-0.4, -0.2) is 13.1 Å². The first-order valence-corrected chi connectivity index (χ1v) is 6.16. The number of rotatable bonds is 4. The molecule has 0 saturated carbocycles. The van der Waals surface area contributed by atoms with Gasteiger partial charge in [-0.2, -0.15) is 0 Å². The number of nitrogens with two attached hydrogens (primary N) is 1. The molecule has 16 heavy (non-hydrogen) atoms. The van der Waals surface area contributed by atoms with Crippen molar-refractivity contribution in [3.63, 3.8) is 0 Å². The van der Waals surface area contributed by atoms with E-state index in [0.717, 1.165) is 25.9 Å². The Labute approximate surface area is 98.2 Å². The van der Waals surface area contributed by atoms with Gasteiger partial charge in [-0.25, -0.2) is 0 Å². The van der Waals surface area contributed by atoms with Gasteiger partial charge in [-0.3, -0.25) is 0 Å². The molecule has 0 amide bonds. The van der Waals surface area contributed by atoms with Crippen molar-refractivity contribution >= 4 is 5.69 Å². The number of nitrogens with one attached hydrogen (secondary N) is 1. The maximum atomic E-state index is 5.75. The second-order valence-electron chi connectivity index (χ2n) is 5.54. The third-order valence-electron chi connectivity index (χ3n) is 3.52. The van der Waals surface area contributed by atoms with Gasteiger partial charge >= 0.3 is 0 Å². The molecular weight excluding hydrogens is 196 g/mol. The van der Waals surface area contributed by atoms with Gasteiger partial charge in [-0.1, -0.05) is 26.0 Å². The van der Waals surface area contributed by atoms with Crippen LogP contribution in [0.25, 0.3) is 0 Å². The Balaban J connectivity index is 2.00. The predicted octanol–water partition coefficient (Wildman–Crippen LogP) is 2.57. The Hall–Kier alpha value is -1.02. The van der Waals surface area contributed by atoms with E-state index in [1.807, 2.05) is 0 Å². The Morgan fingerprint density at radius 1 is 1.38 bits per heavy atom. The molecule has 0 atom stereocenters. The lowest BCUT2D eigenvalue weighted by atomic mass is 9.86. The predicted molar refractivity (Wildman–Crippen MR) is 69.8 cm³/mol. The van der Waals surface area contributed by atoms with Crippen molar-refractivity contribution in [1.82, 2.24) is 0 Å². The van der Waals surface area contributed by atoms with Crippen LogP contribution in [0.15, 0.2) is 18.2 Å². The summed E-state index contributed by atoms with van der Waals surface area (Å²) in [5.41, 5.74) is 10.3. The van der Waals surface area contributed by atoms with Crippen molar-refractivity contribution in [3.05, 3.63) is 29.3 Å². The van der Waals surface area contributed by atoms with E-state index in [1.54, 1.807) is 0 Å². The second-order valence-corrected chi connectivity index (χ2v) is 5.54. The average Bonchev–Trinajstić information content (AvgIpc) is 2.73. The Kier molecular flexibility index (Phi) is 3.20. The van der Waals surface area contributed by atoms with Crippen LogP contribution in [0.5, 0.6) is 0 Å². The quantitative estimate of drug-likeness (QED) is 0.815. The van der Waals surface area contributed by atoms with Gasteiger partial charge in [-0.05, 0) is 48.4 Å². The summed E-state index contributed by atoms with van der Waals surface area (Å²) in [6.45, 7) is 6.33. The molecule has 0 aliphatic carbocycles. The highest BCUT2D eigenvalue weighted by Gasteiger charge is 2.16. The fourth-order valence-corrected chi connectivity index (χ4v) is 2.10. The maximum absolute atomic E-state index is 5.75. The number of hydrogen-bond acceptors (Lipinski definition) is 2. The maximum Gasteiger partial charge on any atom is 0.0373 e. The fourth-order valence-electron chi connectivity index (χ4n) is 2.10. The van der Waals surface area contributed by atoms with Crippen LogP contribution in [0.4, 0.5) is 5.69 Å². The number of benzene rings is 1. The normalized spacial score (nSPS) is 14.7. The molecule has 3 N–H and O–H groups in total. The molecule has 0 bridgehead atoms. The highest BCUT2D eigenvalue weighted by Crippen LogP contribution is 2.26. The largest absolute Gasteiger partial charge is 0.384 e. The molecule has 88 valence electrons. The molecule has 1 aromatic carbocycles. The van der Waals surface area contributed by atoms with Crippen LogP contribution in [0, 0.1) is 5.41 Å². The molecule has 1 aliphatic rings. The second kappa shape index (κ2) is 4.46. The van der Waals surface area contributed by atoms with Crippen LogP contribution >= 0.6 is 0 Å².